The molecule has 1 heterocycles. The van der Waals surface area contributed by atoms with Crippen molar-refractivity contribution in [3.63, 3.8) is 0 Å². The van der Waals surface area contributed by atoms with Crippen LogP contribution in [-0.2, 0) is 10.0 Å². The molecule has 100 valence electrons. The van der Waals surface area contributed by atoms with E-state index in [0.29, 0.717) is 12.5 Å². The molecule has 0 aromatic carbocycles. The van der Waals surface area contributed by atoms with Crippen LogP contribution < -0.4 is 0 Å². The van der Waals surface area contributed by atoms with Gasteiger partial charge in [-0.2, -0.15) is 4.31 Å². The van der Waals surface area contributed by atoms with Gasteiger partial charge in [0.15, 0.2) is 5.03 Å². The van der Waals surface area contributed by atoms with Crippen molar-refractivity contribution in [3.05, 3.63) is 12.5 Å². The van der Waals surface area contributed by atoms with Crippen molar-refractivity contribution in [2.75, 3.05) is 13.6 Å². The van der Waals surface area contributed by atoms with Crippen LogP contribution in [-0.4, -0.2) is 36.3 Å². The standard InChI is InChI=1S/C12H19N3O2S/c1-15(18(16,17)12-6-13-8-14-12)7-11-5-9-2-3-10(11)4-9/h6,8-11H,2-5,7H2,1H3,(H,13,14). The van der Waals surface area contributed by atoms with Gasteiger partial charge in [-0.25, -0.2) is 13.4 Å². The largest absolute Gasteiger partial charge is 0.335 e. The maximum Gasteiger partial charge on any atom is 0.259 e. The molecule has 1 aromatic heterocycles. The molecule has 6 heteroatoms. The molecule has 18 heavy (non-hydrogen) atoms. The smallest absolute Gasteiger partial charge is 0.259 e. The molecule has 2 aliphatic carbocycles. The topological polar surface area (TPSA) is 66.1 Å². The summed E-state index contributed by atoms with van der Waals surface area (Å²) in [6, 6.07) is 0. The fourth-order valence-corrected chi connectivity index (χ4v) is 4.70. The van der Waals surface area contributed by atoms with Crippen LogP contribution in [0.4, 0.5) is 0 Å². The summed E-state index contributed by atoms with van der Waals surface area (Å²) in [5.41, 5.74) is 0. The summed E-state index contributed by atoms with van der Waals surface area (Å²) in [6.45, 7) is 0.641. The maximum atomic E-state index is 12.2. The molecule has 1 aromatic rings. The van der Waals surface area contributed by atoms with Crippen molar-refractivity contribution in [2.24, 2.45) is 17.8 Å². The van der Waals surface area contributed by atoms with Gasteiger partial charge in [-0.05, 0) is 37.0 Å². The van der Waals surface area contributed by atoms with Crippen LogP contribution in [0.5, 0.6) is 0 Å². The van der Waals surface area contributed by atoms with Crippen molar-refractivity contribution in [3.8, 4) is 0 Å². The molecule has 3 rings (SSSR count). The molecule has 2 saturated carbocycles. The second-order valence-electron chi connectivity index (χ2n) is 5.64. The highest BCUT2D eigenvalue weighted by molar-refractivity contribution is 7.89. The Morgan fingerprint density at radius 1 is 1.44 bits per heavy atom. The molecule has 2 fully saturated rings. The predicted octanol–water partition coefficient (Wildman–Crippen LogP) is 1.47. The van der Waals surface area contributed by atoms with E-state index in [0.717, 1.165) is 11.8 Å². The quantitative estimate of drug-likeness (QED) is 0.900. The van der Waals surface area contributed by atoms with Crippen molar-refractivity contribution in [1.82, 2.24) is 14.3 Å². The minimum Gasteiger partial charge on any atom is -0.335 e. The Balaban J connectivity index is 1.70. The fraction of sp³-hybridized carbons (Fsp3) is 0.750. The summed E-state index contributed by atoms with van der Waals surface area (Å²) in [7, 11) is -1.72. The van der Waals surface area contributed by atoms with Crippen molar-refractivity contribution in [2.45, 2.75) is 30.7 Å². The van der Waals surface area contributed by atoms with E-state index < -0.39 is 10.0 Å². The predicted molar refractivity (Wildman–Crippen MR) is 67.3 cm³/mol. The minimum atomic E-state index is -3.38. The highest BCUT2D eigenvalue weighted by Gasteiger charge is 2.40. The number of aromatic amines is 1. The lowest BCUT2D eigenvalue weighted by molar-refractivity contribution is 0.280. The number of sulfonamides is 1. The molecule has 0 spiro atoms. The molecule has 0 saturated heterocycles. The van der Waals surface area contributed by atoms with Crippen LogP contribution in [0.1, 0.15) is 25.7 Å². The van der Waals surface area contributed by atoms with Crippen molar-refractivity contribution < 1.29 is 8.42 Å². The summed E-state index contributed by atoms with van der Waals surface area (Å²) in [4.78, 5) is 6.46. The molecule has 0 amide bonds. The van der Waals surface area contributed by atoms with Crippen LogP contribution in [0, 0.1) is 17.8 Å². The third kappa shape index (κ3) is 1.97. The average Bonchev–Trinajstić information content (AvgIpc) is 3.06. The lowest BCUT2D eigenvalue weighted by atomic mass is 9.89. The summed E-state index contributed by atoms with van der Waals surface area (Å²) in [5.74, 6) is 2.14. The Hall–Kier alpha value is -0.880. The van der Waals surface area contributed by atoms with Gasteiger partial charge in [-0.1, -0.05) is 6.42 Å². The Labute approximate surface area is 108 Å². The zero-order valence-electron chi connectivity index (χ0n) is 10.5. The molecule has 2 bridgehead atoms. The second-order valence-corrected chi connectivity index (χ2v) is 7.65. The Morgan fingerprint density at radius 2 is 2.28 bits per heavy atom. The molecule has 1 N–H and O–H groups in total. The van der Waals surface area contributed by atoms with Crippen LogP contribution in [0.15, 0.2) is 17.6 Å². The number of hydrogen-bond acceptors (Lipinski definition) is 3. The summed E-state index contributed by atoms with van der Waals surface area (Å²) in [6.07, 6.45) is 7.91. The van der Waals surface area contributed by atoms with Gasteiger partial charge in [-0.15, -0.1) is 0 Å². The maximum absolute atomic E-state index is 12.2. The van der Waals surface area contributed by atoms with Gasteiger partial charge in [0.05, 0.1) is 12.5 Å². The highest BCUT2D eigenvalue weighted by Crippen LogP contribution is 2.48. The minimum absolute atomic E-state index is 0.188. The van der Waals surface area contributed by atoms with E-state index in [4.69, 9.17) is 0 Å². The summed E-state index contributed by atoms with van der Waals surface area (Å²) in [5, 5.41) is 0.188. The number of hydrogen-bond donors (Lipinski definition) is 1. The van der Waals surface area contributed by atoms with E-state index in [1.54, 1.807) is 7.05 Å². The average molecular weight is 269 g/mol. The molecule has 3 atom stereocenters. The first-order valence-corrected chi connectivity index (χ1v) is 7.96. The SMILES string of the molecule is CN(CC1CC2CCC1C2)S(=O)(=O)c1cnc[nH]1. The lowest BCUT2D eigenvalue weighted by Gasteiger charge is -2.26. The molecular formula is C12H19N3O2S. The van der Waals surface area contributed by atoms with Gasteiger partial charge in [0, 0.05) is 13.6 Å². The van der Waals surface area contributed by atoms with Gasteiger partial charge < -0.3 is 4.98 Å². The number of nitrogens with one attached hydrogen (secondary N) is 1. The van der Waals surface area contributed by atoms with Gasteiger partial charge in [0.2, 0.25) is 0 Å². The summed E-state index contributed by atoms with van der Waals surface area (Å²) >= 11 is 0. The number of nitrogens with zero attached hydrogens (tertiary/aromatic N) is 2. The fourth-order valence-electron chi connectivity index (χ4n) is 3.58. The highest BCUT2D eigenvalue weighted by atomic mass is 32.2. The Bertz CT molecular complexity index is 511. The van der Waals surface area contributed by atoms with Crippen LogP contribution in [0.2, 0.25) is 0 Å². The molecular weight excluding hydrogens is 250 g/mol. The van der Waals surface area contributed by atoms with Crippen LogP contribution in [0.3, 0.4) is 0 Å². The summed E-state index contributed by atoms with van der Waals surface area (Å²) < 4.78 is 26.0. The monoisotopic (exact) mass is 269 g/mol. The van der Waals surface area contributed by atoms with E-state index in [1.807, 2.05) is 0 Å². The van der Waals surface area contributed by atoms with E-state index >= 15 is 0 Å². The van der Waals surface area contributed by atoms with E-state index in [2.05, 4.69) is 9.97 Å². The zero-order valence-corrected chi connectivity index (χ0v) is 11.4. The number of imidazole rings is 1. The molecule has 3 unspecified atom stereocenters. The molecule has 2 aliphatic rings. The van der Waals surface area contributed by atoms with Gasteiger partial charge >= 0.3 is 0 Å². The Morgan fingerprint density at radius 3 is 2.83 bits per heavy atom. The zero-order chi connectivity index (χ0) is 12.8. The first-order valence-electron chi connectivity index (χ1n) is 6.52. The normalized spacial score (nSPS) is 31.3. The number of fused-ring (bicyclic) bond motifs is 2. The van der Waals surface area contributed by atoms with Crippen molar-refractivity contribution >= 4 is 10.0 Å². The van der Waals surface area contributed by atoms with E-state index in [1.165, 1.54) is 42.5 Å². The number of rotatable bonds is 4. The third-order valence-electron chi connectivity index (χ3n) is 4.54. The van der Waals surface area contributed by atoms with Gasteiger partial charge in [0.1, 0.15) is 0 Å². The Kier molecular flexibility index (Phi) is 2.94. The van der Waals surface area contributed by atoms with E-state index in [-0.39, 0.29) is 5.03 Å². The molecule has 5 nitrogen and oxygen atoms in total. The first kappa shape index (κ1) is 12.2. The lowest BCUT2D eigenvalue weighted by Crippen LogP contribution is -2.34. The third-order valence-corrected chi connectivity index (χ3v) is 6.29. The van der Waals surface area contributed by atoms with Crippen molar-refractivity contribution in [1.29, 1.82) is 0 Å². The van der Waals surface area contributed by atoms with E-state index in [9.17, 15) is 8.42 Å². The number of H-pyrrole nitrogens is 1. The second kappa shape index (κ2) is 4.35. The number of aromatic nitrogens is 2. The van der Waals surface area contributed by atoms with Gasteiger partial charge in [0.25, 0.3) is 10.0 Å². The molecule has 0 aliphatic heterocycles. The van der Waals surface area contributed by atoms with Crippen LogP contribution in [0.25, 0.3) is 0 Å². The molecule has 0 radical (unpaired) electrons. The van der Waals surface area contributed by atoms with Gasteiger partial charge in [-0.3, -0.25) is 0 Å². The first-order chi connectivity index (χ1) is 8.57. The van der Waals surface area contributed by atoms with Crippen LogP contribution >= 0.6 is 0 Å².